The van der Waals surface area contributed by atoms with Crippen LogP contribution in [0.1, 0.15) is 24.8 Å². The average Bonchev–Trinajstić information content (AvgIpc) is 2.47. The predicted molar refractivity (Wildman–Crippen MR) is 58.7 cm³/mol. The summed E-state index contributed by atoms with van der Waals surface area (Å²) < 4.78 is 13.9. The number of hydrogen-bond donors (Lipinski definition) is 0. The van der Waals surface area contributed by atoms with Gasteiger partial charge in [-0.05, 0) is 6.07 Å². The molecule has 1 aromatic heterocycles. The van der Waals surface area contributed by atoms with Crippen LogP contribution < -0.4 is 0 Å². The molecule has 4 heteroatoms. The third kappa shape index (κ3) is 1.62. The van der Waals surface area contributed by atoms with Crippen LogP contribution in [0.25, 0.3) is 10.2 Å². The summed E-state index contributed by atoms with van der Waals surface area (Å²) in [4.78, 5) is 4.33. The molecule has 0 aliphatic carbocycles. The lowest BCUT2D eigenvalue weighted by Gasteiger charge is -1.94. The van der Waals surface area contributed by atoms with E-state index in [0.29, 0.717) is 16.5 Å². The van der Waals surface area contributed by atoms with Crippen LogP contribution in [-0.2, 0) is 0 Å². The second-order valence-electron chi connectivity index (χ2n) is 3.44. The summed E-state index contributed by atoms with van der Waals surface area (Å²) in [6, 6.07) is 2.75. The maximum absolute atomic E-state index is 13.0. The van der Waals surface area contributed by atoms with E-state index in [-0.39, 0.29) is 5.82 Å². The molecular weight excluding hydrogens is 221 g/mol. The molecule has 0 atom stereocenters. The molecule has 0 saturated heterocycles. The molecule has 0 aliphatic rings. The first-order valence-electron chi connectivity index (χ1n) is 4.33. The lowest BCUT2D eigenvalue weighted by molar-refractivity contribution is 0.629. The van der Waals surface area contributed by atoms with Gasteiger partial charge in [0.1, 0.15) is 5.82 Å². The summed E-state index contributed by atoms with van der Waals surface area (Å²) in [5.41, 5.74) is 0.656. The highest BCUT2D eigenvalue weighted by Crippen LogP contribution is 2.32. The molecule has 1 nitrogen and oxygen atoms in total. The van der Waals surface area contributed by atoms with Crippen molar-refractivity contribution in [1.82, 2.24) is 4.98 Å². The van der Waals surface area contributed by atoms with E-state index in [2.05, 4.69) is 18.8 Å². The second-order valence-corrected chi connectivity index (χ2v) is 4.88. The van der Waals surface area contributed by atoms with Crippen molar-refractivity contribution in [2.24, 2.45) is 0 Å². The van der Waals surface area contributed by atoms with Crippen molar-refractivity contribution in [3.8, 4) is 0 Å². The first-order valence-corrected chi connectivity index (χ1v) is 5.53. The molecule has 1 aromatic carbocycles. The molecule has 0 unspecified atom stereocenters. The Morgan fingerprint density at radius 2 is 2.14 bits per heavy atom. The van der Waals surface area contributed by atoms with Gasteiger partial charge in [-0.1, -0.05) is 25.4 Å². The molecule has 0 aliphatic heterocycles. The Bertz CT molecular complexity index is 478. The fraction of sp³-hybridized carbons (Fsp3) is 0.300. The summed E-state index contributed by atoms with van der Waals surface area (Å²) in [6.45, 7) is 4.12. The highest BCUT2D eigenvalue weighted by atomic mass is 35.5. The molecule has 14 heavy (non-hydrogen) atoms. The Labute approximate surface area is 90.5 Å². The van der Waals surface area contributed by atoms with Crippen molar-refractivity contribution < 1.29 is 4.39 Å². The molecule has 0 N–H and O–H groups in total. The van der Waals surface area contributed by atoms with E-state index in [1.807, 2.05) is 0 Å². The highest BCUT2D eigenvalue weighted by molar-refractivity contribution is 7.19. The summed E-state index contributed by atoms with van der Waals surface area (Å²) in [5.74, 6) is 0.0228. The second kappa shape index (κ2) is 3.48. The monoisotopic (exact) mass is 229 g/mol. The quantitative estimate of drug-likeness (QED) is 0.714. The molecule has 2 rings (SSSR count). The van der Waals surface area contributed by atoms with E-state index in [4.69, 9.17) is 11.6 Å². The maximum atomic E-state index is 13.0. The standard InChI is InChI=1S/C10H9ClFNS/c1-5(2)10-13-8-4-6(12)3-7(11)9(8)14-10/h3-5H,1-2H3. The number of rotatable bonds is 1. The maximum Gasteiger partial charge on any atom is 0.126 e. The van der Waals surface area contributed by atoms with Gasteiger partial charge in [0, 0.05) is 12.0 Å². The van der Waals surface area contributed by atoms with Gasteiger partial charge < -0.3 is 0 Å². The van der Waals surface area contributed by atoms with E-state index in [1.165, 1.54) is 23.5 Å². The predicted octanol–water partition coefficient (Wildman–Crippen LogP) is 4.21. The van der Waals surface area contributed by atoms with Crippen LogP contribution in [0.2, 0.25) is 5.02 Å². The van der Waals surface area contributed by atoms with E-state index >= 15 is 0 Å². The summed E-state index contributed by atoms with van der Waals surface area (Å²) in [5, 5.41) is 1.44. The zero-order valence-electron chi connectivity index (χ0n) is 7.84. The molecule has 0 saturated carbocycles. The highest BCUT2D eigenvalue weighted by Gasteiger charge is 2.11. The Balaban J connectivity index is 2.70. The first-order chi connectivity index (χ1) is 6.58. The fourth-order valence-electron chi connectivity index (χ4n) is 1.22. The normalized spacial score (nSPS) is 11.5. The minimum Gasteiger partial charge on any atom is -0.241 e. The first kappa shape index (κ1) is 9.87. The van der Waals surface area contributed by atoms with Crippen LogP contribution in [0.4, 0.5) is 4.39 Å². The van der Waals surface area contributed by atoms with Gasteiger partial charge in [-0.3, -0.25) is 0 Å². The number of thiazole rings is 1. The number of benzene rings is 1. The van der Waals surface area contributed by atoms with Crippen LogP contribution in [0.3, 0.4) is 0 Å². The number of halogens is 2. The molecule has 0 spiro atoms. The van der Waals surface area contributed by atoms with Gasteiger partial charge in [-0.2, -0.15) is 0 Å². The topological polar surface area (TPSA) is 12.9 Å². The van der Waals surface area contributed by atoms with Crippen molar-refractivity contribution in [1.29, 1.82) is 0 Å². The van der Waals surface area contributed by atoms with Gasteiger partial charge in [-0.25, -0.2) is 9.37 Å². The van der Waals surface area contributed by atoms with Crippen molar-refractivity contribution in [2.45, 2.75) is 19.8 Å². The third-order valence-electron chi connectivity index (χ3n) is 1.92. The minimum absolute atomic E-state index is 0.330. The van der Waals surface area contributed by atoms with Gasteiger partial charge in [0.2, 0.25) is 0 Å². The van der Waals surface area contributed by atoms with Crippen molar-refractivity contribution in [3.05, 3.63) is 28.0 Å². The van der Waals surface area contributed by atoms with E-state index in [9.17, 15) is 4.39 Å². The third-order valence-corrected chi connectivity index (χ3v) is 3.74. The van der Waals surface area contributed by atoms with Gasteiger partial charge in [0.05, 0.1) is 20.2 Å². The van der Waals surface area contributed by atoms with Crippen LogP contribution in [0.5, 0.6) is 0 Å². The van der Waals surface area contributed by atoms with E-state index < -0.39 is 0 Å². The molecule has 0 amide bonds. The Hall–Kier alpha value is -0.670. The number of fused-ring (bicyclic) bond motifs is 1. The van der Waals surface area contributed by atoms with Crippen LogP contribution in [0, 0.1) is 5.82 Å². The zero-order chi connectivity index (χ0) is 10.3. The Morgan fingerprint density at radius 1 is 1.43 bits per heavy atom. The molecular formula is C10H9ClFNS. The zero-order valence-corrected chi connectivity index (χ0v) is 9.42. The van der Waals surface area contributed by atoms with Crippen molar-refractivity contribution in [2.75, 3.05) is 0 Å². The summed E-state index contributed by atoms with van der Waals surface area (Å²) in [6.07, 6.45) is 0. The number of nitrogens with zero attached hydrogens (tertiary/aromatic N) is 1. The molecule has 74 valence electrons. The smallest absolute Gasteiger partial charge is 0.126 e. The Morgan fingerprint density at radius 3 is 2.79 bits per heavy atom. The van der Waals surface area contributed by atoms with E-state index in [1.54, 1.807) is 0 Å². The summed E-state index contributed by atoms with van der Waals surface area (Å²) in [7, 11) is 0. The lowest BCUT2D eigenvalue weighted by Crippen LogP contribution is -1.83. The molecule has 0 radical (unpaired) electrons. The number of aromatic nitrogens is 1. The largest absolute Gasteiger partial charge is 0.241 e. The van der Waals surface area contributed by atoms with Crippen LogP contribution in [0.15, 0.2) is 12.1 Å². The van der Waals surface area contributed by atoms with Gasteiger partial charge >= 0.3 is 0 Å². The van der Waals surface area contributed by atoms with Gasteiger partial charge in [-0.15, -0.1) is 11.3 Å². The summed E-state index contributed by atoms with van der Waals surface area (Å²) >= 11 is 7.44. The van der Waals surface area contributed by atoms with Gasteiger partial charge in [0.25, 0.3) is 0 Å². The molecule has 1 heterocycles. The fourth-order valence-corrected chi connectivity index (χ4v) is 2.50. The minimum atomic E-state index is -0.330. The SMILES string of the molecule is CC(C)c1nc2cc(F)cc(Cl)c2s1. The van der Waals surface area contributed by atoms with Crippen LogP contribution >= 0.6 is 22.9 Å². The van der Waals surface area contributed by atoms with Crippen molar-refractivity contribution in [3.63, 3.8) is 0 Å². The molecule has 0 fully saturated rings. The average molecular weight is 230 g/mol. The number of hydrogen-bond acceptors (Lipinski definition) is 2. The van der Waals surface area contributed by atoms with Crippen LogP contribution in [-0.4, -0.2) is 4.98 Å². The van der Waals surface area contributed by atoms with E-state index in [0.717, 1.165) is 9.71 Å². The molecule has 0 bridgehead atoms. The van der Waals surface area contributed by atoms with Crippen molar-refractivity contribution >= 4 is 33.2 Å². The van der Waals surface area contributed by atoms with Gasteiger partial charge in [0.15, 0.2) is 0 Å². The Kier molecular flexibility index (Phi) is 2.45. The molecule has 2 aromatic rings. The lowest BCUT2D eigenvalue weighted by atomic mass is 10.2.